The van der Waals surface area contributed by atoms with Crippen molar-refractivity contribution in [2.45, 2.75) is 25.8 Å². The summed E-state index contributed by atoms with van der Waals surface area (Å²) in [7, 11) is 1.64. The van der Waals surface area contributed by atoms with Crippen molar-refractivity contribution >= 4 is 28.8 Å². The van der Waals surface area contributed by atoms with Gasteiger partial charge in [0.25, 0.3) is 11.2 Å². The van der Waals surface area contributed by atoms with E-state index in [1.807, 2.05) is 37.3 Å². The van der Waals surface area contributed by atoms with Gasteiger partial charge >= 0.3 is 0 Å². The molecule has 0 amide bonds. The lowest BCUT2D eigenvalue weighted by Gasteiger charge is -2.30. The van der Waals surface area contributed by atoms with Crippen LogP contribution in [0.15, 0.2) is 98.6 Å². The molecule has 2 aromatic heterocycles. The molecule has 0 N–H and O–H groups in total. The number of furan rings is 1. The van der Waals surface area contributed by atoms with Gasteiger partial charge in [-0.15, -0.1) is 0 Å². The molecule has 0 bridgehead atoms. The summed E-state index contributed by atoms with van der Waals surface area (Å²) in [5, 5.41) is 11.3. The highest BCUT2D eigenvalue weighted by Crippen LogP contribution is 2.41. The van der Waals surface area contributed by atoms with Crippen LogP contribution in [0, 0.1) is 17.0 Å². The highest BCUT2D eigenvalue weighted by molar-refractivity contribution is 7.07. The Kier molecular flexibility index (Phi) is 6.24. The summed E-state index contributed by atoms with van der Waals surface area (Å²) in [6.07, 6.45) is 3.41. The molecule has 1 aliphatic carbocycles. The molecule has 7 rings (SSSR count). The Labute approximate surface area is 244 Å². The number of ether oxygens (including phenoxy) is 1. The Morgan fingerprint density at radius 3 is 2.64 bits per heavy atom. The first-order valence-electron chi connectivity index (χ1n) is 13.5. The van der Waals surface area contributed by atoms with Gasteiger partial charge in [-0.25, -0.2) is 4.99 Å². The molecule has 42 heavy (non-hydrogen) atoms. The number of rotatable bonds is 5. The summed E-state index contributed by atoms with van der Waals surface area (Å²) in [6.45, 7) is 1.87. The second kappa shape index (κ2) is 10.1. The molecule has 0 fully saturated rings. The van der Waals surface area contributed by atoms with Crippen molar-refractivity contribution in [3.63, 3.8) is 0 Å². The molecule has 3 heterocycles. The zero-order valence-electron chi connectivity index (χ0n) is 22.9. The minimum absolute atomic E-state index is 0.00840. The van der Waals surface area contributed by atoms with E-state index in [2.05, 4.69) is 18.2 Å². The predicted molar refractivity (Wildman–Crippen MR) is 161 cm³/mol. The minimum atomic E-state index is -0.426. The molecule has 0 saturated carbocycles. The van der Waals surface area contributed by atoms with Crippen LogP contribution in [0.5, 0.6) is 5.75 Å². The van der Waals surface area contributed by atoms with Crippen molar-refractivity contribution < 1.29 is 14.1 Å². The van der Waals surface area contributed by atoms with Crippen molar-refractivity contribution in [2.24, 2.45) is 4.99 Å². The summed E-state index contributed by atoms with van der Waals surface area (Å²) in [4.78, 5) is 30.6. The molecule has 208 valence electrons. The van der Waals surface area contributed by atoms with E-state index >= 15 is 0 Å². The number of hydrogen-bond acceptors (Lipinski definition) is 7. The number of fused-ring (bicyclic) bond motifs is 3. The largest absolute Gasteiger partial charge is 0.497 e. The molecule has 0 spiro atoms. The van der Waals surface area contributed by atoms with Crippen LogP contribution in [0.1, 0.15) is 40.5 Å². The van der Waals surface area contributed by atoms with Crippen LogP contribution in [-0.4, -0.2) is 16.6 Å². The molecule has 2 aliphatic rings. The van der Waals surface area contributed by atoms with E-state index in [1.54, 1.807) is 36.0 Å². The molecule has 8 nitrogen and oxygen atoms in total. The van der Waals surface area contributed by atoms with Gasteiger partial charge in [0.2, 0.25) is 0 Å². The number of thiazole rings is 1. The van der Waals surface area contributed by atoms with Gasteiger partial charge in [0.1, 0.15) is 17.3 Å². The molecule has 0 radical (unpaired) electrons. The van der Waals surface area contributed by atoms with Crippen molar-refractivity contribution in [3.05, 3.63) is 142 Å². The summed E-state index contributed by atoms with van der Waals surface area (Å²) in [5.74, 6) is 1.73. The van der Waals surface area contributed by atoms with Crippen LogP contribution >= 0.6 is 11.3 Å². The third kappa shape index (κ3) is 4.29. The topological polar surface area (TPSA) is 99.9 Å². The lowest BCUT2D eigenvalue weighted by Crippen LogP contribution is -2.38. The summed E-state index contributed by atoms with van der Waals surface area (Å²) in [6, 6.07) is 24.1. The SMILES string of the molecule is COc1ccc([C@H]2C3=C(N=c4s/c(=C\c5ccc(-c6cc([N+](=O)[O-])ccc6C)o5)c(=O)n42)c2ccccc2CC3)cc1. The van der Waals surface area contributed by atoms with E-state index < -0.39 is 4.92 Å². The Balaban J connectivity index is 1.37. The van der Waals surface area contributed by atoms with E-state index in [-0.39, 0.29) is 17.3 Å². The van der Waals surface area contributed by atoms with Crippen molar-refractivity contribution in [1.29, 1.82) is 0 Å². The summed E-state index contributed by atoms with van der Waals surface area (Å²) < 4.78 is 13.8. The van der Waals surface area contributed by atoms with Gasteiger partial charge in [0, 0.05) is 29.3 Å². The number of nitro groups is 1. The number of nitro benzene ring substituents is 1. The monoisotopic (exact) mass is 575 g/mol. The number of benzene rings is 3. The number of allylic oxidation sites excluding steroid dienone is 1. The molecule has 1 aliphatic heterocycles. The van der Waals surface area contributed by atoms with E-state index in [1.165, 1.54) is 29.0 Å². The first-order chi connectivity index (χ1) is 20.4. The highest BCUT2D eigenvalue weighted by Gasteiger charge is 2.32. The third-order valence-electron chi connectivity index (χ3n) is 7.90. The van der Waals surface area contributed by atoms with Crippen LogP contribution in [0.25, 0.3) is 23.1 Å². The lowest BCUT2D eigenvalue weighted by molar-refractivity contribution is -0.384. The molecule has 3 aromatic carbocycles. The summed E-state index contributed by atoms with van der Waals surface area (Å²) in [5.41, 5.74) is 6.76. The van der Waals surface area contributed by atoms with Gasteiger partial charge in [-0.2, -0.15) is 0 Å². The molecular formula is C33H25N3O5S. The zero-order chi connectivity index (χ0) is 29.0. The Hall–Kier alpha value is -5.02. The maximum atomic E-state index is 14.0. The van der Waals surface area contributed by atoms with E-state index in [9.17, 15) is 14.9 Å². The highest BCUT2D eigenvalue weighted by atomic mass is 32.1. The lowest BCUT2D eigenvalue weighted by atomic mass is 9.83. The van der Waals surface area contributed by atoms with Crippen LogP contribution in [0.2, 0.25) is 0 Å². The van der Waals surface area contributed by atoms with Gasteiger partial charge in [-0.3, -0.25) is 19.5 Å². The van der Waals surface area contributed by atoms with Crippen molar-refractivity contribution in [2.75, 3.05) is 7.11 Å². The van der Waals surface area contributed by atoms with Crippen molar-refractivity contribution in [1.82, 2.24) is 4.57 Å². The third-order valence-corrected chi connectivity index (χ3v) is 8.88. The number of non-ortho nitro benzene ring substituents is 1. The first kappa shape index (κ1) is 25.9. The number of aromatic nitrogens is 1. The van der Waals surface area contributed by atoms with Crippen LogP contribution in [0.3, 0.4) is 0 Å². The van der Waals surface area contributed by atoms with E-state index in [0.717, 1.165) is 46.6 Å². The van der Waals surface area contributed by atoms with Crippen LogP contribution in [0.4, 0.5) is 5.69 Å². The fourth-order valence-corrected chi connectivity index (χ4v) is 6.78. The molecule has 1 atom stereocenters. The second-order valence-electron chi connectivity index (χ2n) is 10.3. The fraction of sp³-hybridized carbons (Fsp3) is 0.152. The maximum Gasteiger partial charge on any atom is 0.271 e. The Morgan fingerprint density at radius 1 is 1.05 bits per heavy atom. The van der Waals surface area contributed by atoms with E-state index in [4.69, 9.17) is 14.1 Å². The van der Waals surface area contributed by atoms with Gasteiger partial charge < -0.3 is 9.15 Å². The van der Waals surface area contributed by atoms with Crippen LogP contribution in [-0.2, 0) is 6.42 Å². The number of hydrogen-bond donors (Lipinski definition) is 0. The normalized spacial score (nSPS) is 16.0. The average molecular weight is 576 g/mol. The first-order valence-corrected chi connectivity index (χ1v) is 14.4. The number of methoxy groups -OCH3 is 1. The standard InChI is InChI=1S/C33H25N3O5S/c1-19-7-11-22(36(38)39)17-27(19)28-16-14-24(41-28)18-29-32(37)35-31(21-8-12-23(40-2)13-9-21)26-15-10-20-5-3-4-6-25(20)30(26)34-33(35)42-29/h3-9,11-14,16-18,31H,10,15H2,1-2H3/b29-18-/t31-/m0/s1. The van der Waals surface area contributed by atoms with Gasteiger partial charge in [-0.05, 0) is 66.3 Å². The smallest absolute Gasteiger partial charge is 0.271 e. The number of nitrogens with zero attached hydrogens (tertiary/aromatic N) is 3. The molecule has 0 unspecified atom stereocenters. The second-order valence-corrected chi connectivity index (χ2v) is 11.4. The molecular weight excluding hydrogens is 550 g/mol. The summed E-state index contributed by atoms with van der Waals surface area (Å²) >= 11 is 1.33. The van der Waals surface area contributed by atoms with Gasteiger partial charge in [0.15, 0.2) is 4.80 Å². The minimum Gasteiger partial charge on any atom is -0.497 e. The average Bonchev–Trinajstić information content (AvgIpc) is 3.60. The fourth-order valence-electron chi connectivity index (χ4n) is 5.80. The molecule has 9 heteroatoms. The zero-order valence-corrected chi connectivity index (χ0v) is 23.7. The Morgan fingerprint density at radius 2 is 1.86 bits per heavy atom. The quantitative estimate of drug-likeness (QED) is 0.195. The van der Waals surface area contributed by atoms with Gasteiger partial charge in [0.05, 0.1) is 28.3 Å². The predicted octanol–water partition coefficient (Wildman–Crippen LogP) is 5.80. The van der Waals surface area contributed by atoms with Crippen molar-refractivity contribution in [3.8, 4) is 17.1 Å². The molecule has 0 saturated heterocycles. The van der Waals surface area contributed by atoms with Gasteiger partial charge in [-0.1, -0.05) is 53.8 Å². The maximum absolute atomic E-state index is 14.0. The molecule has 5 aromatic rings. The Bertz CT molecular complexity index is 2100. The van der Waals surface area contributed by atoms with E-state index in [0.29, 0.717) is 26.4 Å². The van der Waals surface area contributed by atoms with Crippen LogP contribution < -0.4 is 19.6 Å². The number of aryl methyl sites for hydroxylation is 2.